The molecule has 1 aliphatic rings. The Morgan fingerprint density at radius 3 is 2.80 bits per heavy atom. The summed E-state index contributed by atoms with van der Waals surface area (Å²) in [6.07, 6.45) is 0. The third-order valence-electron chi connectivity index (χ3n) is 4.09. The van der Waals surface area contributed by atoms with Gasteiger partial charge in [-0.2, -0.15) is 0 Å². The Labute approximate surface area is 150 Å². The number of fused-ring (bicyclic) bond motifs is 1. The van der Waals surface area contributed by atoms with E-state index in [0.29, 0.717) is 24.3 Å². The van der Waals surface area contributed by atoms with Crippen LogP contribution in [0.2, 0.25) is 0 Å². The topological polar surface area (TPSA) is 49.4 Å². The maximum absolute atomic E-state index is 13.4. The maximum atomic E-state index is 13.4. The first-order chi connectivity index (χ1) is 12.0. The summed E-state index contributed by atoms with van der Waals surface area (Å²) in [4.78, 5) is 27.3. The molecule has 0 radical (unpaired) electrons. The van der Waals surface area contributed by atoms with Gasteiger partial charge in [0.2, 0.25) is 5.91 Å². The normalized spacial score (nSPS) is 16.1. The quantitative estimate of drug-likeness (QED) is 0.901. The van der Waals surface area contributed by atoms with Crippen molar-refractivity contribution in [1.82, 2.24) is 4.90 Å². The van der Waals surface area contributed by atoms with E-state index < -0.39 is 0 Å². The van der Waals surface area contributed by atoms with Gasteiger partial charge in [-0.25, -0.2) is 4.39 Å². The predicted octanol–water partition coefficient (Wildman–Crippen LogP) is 3.92. The van der Waals surface area contributed by atoms with E-state index in [0.717, 1.165) is 10.5 Å². The van der Waals surface area contributed by atoms with E-state index in [1.54, 1.807) is 29.2 Å². The highest BCUT2D eigenvalue weighted by molar-refractivity contribution is 8.00. The second kappa shape index (κ2) is 7.27. The lowest BCUT2D eigenvalue weighted by molar-refractivity contribution is -0.115. The Morgan fingerprint density at radius 2 is 2.08 bits per heavy atom. The van der Waals surface area contributed by atoms with Gasteiger partial charge in [0.15, 0.2) is 0 Å². The fraction of sp³-hybridized carbons (Fsp3) is 0.263. The zero-order chi connectivity index (χ0) is 18.0. The number of amides is 2. The van der Waals surface area contributed by atoms with E-state index in [4.69, 9.17) is 0 Å². The first kappa shape index (κ1) is 17.5. The van der Waals surface area contributed by atoms with Crippen molar-refractivity contribution in [1.29, 1.82) is 0 Å². The molecule has 0 spiro atoms. The molecule has 3 rings (SSSR count). The number of carbonyl (C=O) groups excluding carboxylic acids is 2. The predicted molar refractivity (Wildman–Crippen MR) is 97.2 cm³/mol. The Hall–Kier alpha value is -2.34. The van der Waals surface area contributed by atoms with E-state index >= 15 is 0 Å². The molecule has 0 saturated heterocycles. The van der Waals surface area contributed by atoms with Gasteiger partial charge in [0.05, 0.1) is 10.9 Å². The molecule has 1 N–H and O–H groups in total. The zero-order valence-corrected chi connectivity index (χ0v) is 14.9. The molecular formula is C19H19FN2O2S. The van der Waals surface area contributed by atoms with E-state index in [9.17, 15) is 14.0 Å². The Bertz CT molecular complexity index is 825. The molecule has 4 nitrogen and oxygen atoms in total. The molecule has 0 saturated carbocycles. The molecule has 130 valence electrons. The lowest BCUT2D eigenvalue weighted by atomic mass is 10.1. The second-order valence-electron chi connectivity index (χ2n) is 5.91. The van der Waals surface area contributed by atoms with Crippen molar-refractivity contribution in [2.24, 2.45) is 0 Å². The average Bonchev–Trinajstić information content (AvgIpc) is 2.60. The Balaban J connectivity index is 1.81. The summed E-state index contributed by atoms with van der Waals surface area (Å²) in [6.45, 7) is 4.57. The van der Waals surface area contributed by atoms with Gasteiger partial charge in [-0.15, -0.1) is 11.8 Å². The summed E-state index contributed by atoms with van der Waals surface area (Å²) in [7, 11) is 0. The standard InChI is InChI=1S/C19H19FN2O2S/c1-3-22(11-13-5-4-6-15(20)9-13)19(24)14-7-8-17-16(10-14)21-18(23)12(2)25-17/h4-10,12H,3,11H2,1-2H3,(H,21,23). The number of carbonyl (C=O) groups is 2. The molecule has 1 heterocycles. The van der Waals surface area contributed by atoms with Crippen LogP contribution in [-0.4, -0.2) is 28.5 Å². The van der Waals surface area contributed by atoms with E-state index in [1.807, 2.05) is 19.9 Å². The molecule has 0 bridgehead atoms. The average molecular weight is 358 g/mol. The molecule has 25 heavy (non-hydrogen) atoms. The molecule has 2 aromatic rings. The van der Waals surface area contributed by atoms with Crippen molar-refractivity contribution in [3.05, 3.63) is 59.4 Å². The SMILES string of the molecule is CCN(Cc1cccc(F)c1)C(=O)c1ccc2c(c1)NC(=O)C(C)S2. The zero-order valence-electron chi connectivity index (χ0n) is 14.1. The van der Waals surface area contributed by atoms with Crippen LogP contribution in [-0.2, 0) is 11.3 Å². The van der Waals surface area contributed by atoms with Crippen molar-refractivity contribution in [3.8, 4) is 0 Å². The number of thioether (sulfide) groups is 1. The molecule has 0 aromatic heterocycles. The summed E-state index contributed by atoms with van der Waals surface area (Å²) in [5, 5.41) is 2.69. The molecule has 0 aliphatic carbocycles. The van der Waals surface area contributed by atoms with Crippen LogP contribution in [0.1, 0.15) is 29.8 Å². The maximum Gasteiger partial charge on any atom is 0.254 e. The number of hydrogen-bond acceptors (Lipinski definition) is 3. The van der Waals surface area contributed by atoms with Gasteiger partial charge >= 0.3 is 0 Å². The molecular weight excluding hydrogens is 339 g/mol. The number of halogens is 1. The second-order valence-corrected chi connectivity index (χ2v) is 7.29. The summed E-state index contributed by atoms with van der Waals surface area (Å²) in [6, 6.07) is 11.6. The van der Waals surface area contributed by atoms with Crippen molar-refractivity contribution in [2.45, 2.75) is 30.5 Å². The third-order valence-corrected chi connectivity index (χ3v) is 5.27. The van der Waals surface area contributed by atoms with Crippen LogP contribution in [0, 0.1) is 5.82 Å². The number of anilines is 1. The first-order valence-corrected chi connectivity index (χ1v) is 9.01. The number of benzene rings is 2. The van der Waals surface area contributed by atoms with E-state index in [1.165, 1.54) is 23.9 Å². The molecule has 1 atom stereocenters. The van der Waals surface area contributed by atoms with Gasteiger partial charge in [0.25, 0.3) is 5.91 Å². The summed E-state index contributed by atoms with van der Waals surface area (Å²) in [5.74, 6) is -0.523. The van der Waals surface area contributed by atoms with Crippen molar-refractivity contribution >= 4 is 29.3 Å². The summed E-state index contributed by atoms with van der Waals surface area (Å²) < 4.78 is 13.4. The molecule has 1 aliphatic heterocycles. The minimum Gasteiger partial charge on any atom is -0.335 e. The minimum atomic E-state index is -0.316. The van der Waals surface area contributed by atoms with Crippen molar-refractivity contribution < 1.29 is 14.0 Å². The highest BCUT2D eigenvalue weighted by Gasteiger charge is 2.24. The van der Waals surface area contributed by atoms with Gasteiger partial charge in [-0.3, -0.25) is 9.59 Å². The Morgan fingerprint density at radius 1 is 1.28 bits per heavy atom. The number of nitrogens with zero attached hydrogens (tertiary/aromatic N) is 1. The molecule has 2 aromatic carbocycles. The van der Waals surface area contributed by atoms with Crippen LogP contribution in [0.3, 0.4) is 0 Å². The number of rotatable bonds is 4. The van der Waals surface area contributed by atoms with Crippen LogP contribution < -0.4 is 5.32 Å². The van der Waals surface area contributed by atoms with Crippen LogP contribution >= 0.6 is 11.8 Å². The van der Waals surface area contributed by atoms with E-state index in [-0.39, 0.29) is 22.9 Å². The van der Waals surface area contributed by atoms with Crippen molar-refractivity contribution in [3.63, 3.8) is 0 Å². The van der Waals surface area contributed by atoms with Crippen LogP contribution in [0.5, 0.6) is 0 Å². The van der Waals surface area contributed by atoms with Gasteiger partial charge < -0.3 is 10.2 Å². The summed E-state index contributed by atoms with van der Waals surface area (Å²) >= 11 is 1.48. The monoisotopic (exact) mass is 358 g/mol. The molecule has 6 heteroatoms. The highest BCUT2D eigenvalue weighted by Crippen LogP contribution is 2.36. The Kier molecular flexibility index (Phi) is 5.08. The summed E-state index contributed by atoms with van der Waals surface area (Å²) in [5.41, 5.74) is 1.92. The highest BCUT2D eigenvalue weighted by atomic mass is 32.2. The lowest BCUT2D eigenvalue weighted by Crippen LogP contribution is -2.31. The lowest BCUT2D eigenvalue weighted by Gasteiger charge is -2.24. The third kappa shape index (κ3) is 3.85. The number of hydrogen-bond donors (Lipinski definition) is 1. The van der Waals surface area contributed by atoms with Crippen LogP contribution in [0.15, 0.2) is 47.4 Å². The van der Waals surface area contributed by atoms with Gasteiger partial charge in [0.1, 0.15) is 5.82 Å². The van der Waals surface area contributed by atoms with Gasteiger partial charge in [-0.1, -0.05) is 12.1 Å². The van der Waals surface area contributed by atoms with E-state index in [2.05, 4.69) is 5.32 Å². The molecule has 0 fully saturated rings. The fourth-order valence-corrected chi connectivity index (χ4v) is 3.64. The largest absolute Gasteiger partial charge is 0.335 e. The minimum absolute atomic E-state index is 0.0609. The number of nitrogens with one attached hydrogen (secondary N) is 1. The van der Waals surface area contributed by atoms with Crippen LogP contribution in [0.25, 0.3) is 0 Å². The molecule has 2 amide bonds. The van der Waals surface area contributed by atoms with Crippen molar-refractivity contribution in [2.75, 3.05) is 11.9 Å². The molecule has 1 unspecified atom stereocenters. The van der Waals surface area contributed by atoms with Gasteiger partial charge in [-0.05, 0) is 49.7 Å². The fourth-order valence-electron chi connectivity index (χ4n) is 2.71. The van der Waals surface area contributed by atoms with Gasteiger partial charge in [0, 0.05) is 23.5 Å². The smallest absolute Gasteiger partial charge is 0.254 e. The first-order valence-electron chi connectivity index (χ1n) is 8.13. The van der Waals surface area contributed by atoms with Crippen LogP contribution in [0.4, 0.5) is 10.1 Å².